The summed E-state index contributed by atoms with van der Waals surface area (Å²) in [6, 6.07) is 0. The summed E-state index contributed by atoms with van der Waals surface area (Å²) in [5.74, 6) is -0.266. The maximum absolute atomic E-state index is 11.4. The third kappa shape index (κ3) is 7.82. The average Bonchev–Trinajstić information content (AvgIpc) is 2.39. The molecule has 0 fully saturated rings. The molecule has 0 aliphatic heterocycles. The fourth-order valence-corrected chi connectivity index (χ4v) is 2.18. The van der Waals surface area contributed by atoms with E-state index in [1.165, 1.54) is 6.42 Å². The number of primary amides is 1. The fraction of sp³-hybridized carbons (Fsp3) is 0.933. The Labute approximate surface area is 124 Å². The van der Waals surface area contributed by atoms with Crippen LogP contribution >= 0.6 is 0 Å². The van der Waals surface area contributed by atoms with E-state index in [0.717, 1.165) is 45.4 Å². The van der Waals surface area contributed by atoms with Crippen molar-refractivity contribution in [1.82, 2.24) is 15.1 Å². The van der Waals surface area contributed by atoms with Gasteiger partial charge >= 0.3 is 0 Å². The van der Waals surface area contributed by atoms with E-state index in [1.54, 1.807) is 7.05 Å². The van der Waals surface area contributed by atoms with Gasteiger partial charge in [-0.05, 0) is 66.8 Å². The van der Waals surface area contributed by atoms with E-state index in [1.807, 2.05) is 6.92 Å². The molecule has 1 unspecified atom stereocenters. The summed E-state index contributed by atoms with van der Waals surface area (Å²) < 4.78 is 0. The summed E-state index contributed by atoms with van der Waals surface area (Å²) in [6.07, 6.45) is 4.11. The number of rotatable bonds is 12. The second kappa shape index (κ2) is 10.1. The van der Waals surface area contributed by atoms with Crippen LogP contribution in [0.15, 0.2) is 0 Å². The van der Waals surface area contributed by atoms with E-state index in [9.17, 15) is 4.79 Å². The topological polar surface area (TPSA) is 61.6 Å². The highest BCUT2D eigenvalue weighted by Crippen LogP contribution is 2.13. The normalized spacial score (nSPS) is 14.8. The summed E-state index contributed by atoms with van der Waals surface area (Å²) >= 11 is 0. The first-order valence-electron chi connectivity index (χ1n) is 7.71. The number of amides is 1. The first-order chi connectivity index (χ1) is 9.35. The van der Waals surface area contributed by atoms with Crippen LogP contribution in [0.5, 0.6) is 0 Å². The number of hydrogen-bond donors (Lipinski definition) is 2. The molecule has 0 aromatic heterocycles. The third-order valence-electron chi connectivity index (χ3n) is 3.90. The van der Waals surface area contributed by atoms with Gasteiger partial charge in [0.15, 0.2) is 0 Å². The highest BCUT2D eigenvalue weighted by molar-refractivity contribution is 5.84. The van der Waals surface area contributed by atoms with Gasteiger partial charge in [0.25, 0.3) is 0 Å². The Balaban J connectivity index is 4.01. The number of nitrogens with one attached hydrogen (secondary N) is 1. The molecule has 3 N–H and O–H groups in total. The van der Waals surface area contributed by atoms with Crippen LogP contribution in [-0.2, 0) is 4.79 Å². The van der Waals surface area contributed by atoms with Gasteiger partial charge in [-0.1, -0.05) is 6.92 Å². The van der Waals surface area contributed by atoms with Gasteiger partial charge in [-0.2, -0.15) is 0 Å². The Hall–Kier alpha value is -0.650. The molecule has 1 amide bonds. The molecular formula is C15H34N4O. The molecule has 20 heavy (non-hydrogen) atoms. The van der Waals surface area contributed by atoms with Crippen LogP contribution < -0.4 is 11.1 Å². The first kappa shape index (κ1) is 19.4. The minimum atomic E-state index is -0.570. The molecule has 0 aliphatic carbocycles. The highest BCUT2D eigenvalue weighted by Gasteiger charge is 2.27. The van der Waals surface area contributed by atoms with Gasteiger partial charge in [-0.25, -0.2) is 0 Å². The molecular weight excluding hydrogens is 252 g/mol. The Kier molecular flexibility index (Phi) is 9.80. The molecule has 5 heteroatoms. The zero-order valence-electron chi connectivity index (χ0n) is 14.0. The quantitative estimate of drug-likeness (QED) is 0.523. The summed E-state index contributed by atoms with van der Waals surface area (Å²) in [6.45, 7) is 8.54. The molecule has 0 saturated heterocycles. The molecule has 0 radical (unpaired) electrons. The maximum atomic E-state index is 11.4. The number of likely N-dealkylation sites (N-methyl/N-ethyl adjacent to an activating group) is 2. The summed E-state index contributed by atoms with van der Waals surface area (Å²) in [5.41, 5.74) is 4.86. The zero-order valence-corrected chi connectivity index (χ0v) is 14.0. The Morgan fingerprint density at radius 3 is 2.25 bits per heavy atom. The van der Waals surface area contributed by atoms with E-state index in [-0.39, 0.29) is 5.91 Å². The second-order valence-electron chi connectivity index (χ2n) is 6.05. The molecule has 0 heterocycles. The molecule has 5 nitrogen and oxygen atoms in total. The highest BCUT2D eigenvalue weighted by atomic mass is 16.1. The van der Waals surface area contributed by atoms with Crippen LogP contribution in [-0.4, -0.2) is 68.6 Å². The van der Waals surface area contributed by atoms with Crippen molar-refractivity contribution in [3.8, 4) is 0 Å². The van der Waals surface area contributed by atoms with Crippen molar-refractivity contribution < 1.29 is 4.79 Å². The maximum Gasteiger partial charge on any atom is 0.237 e. The van der Waals surface area contributed by atoms with Crippen molar-refractivity contribution in [2.45, 2.75) is 45.1 Å². The average molecular weight is 286 g/mol. The molecule has 0 rings (SSSR count). The second-order valence-corrected chi connectivity index (χ2v) is 6.05. The van der Waals surface area contributed by atoms with E-state index >= 15 is 0 Å². The van der Waals surface area contributed by atoms with Crippen molar-refractivity contribution in [2.75, 3.05) is 47.3 Å². The SMILES string of the molecule is CCCN(CCCCC(C)(NC)C(N)=O)CCN(C)C. The Morgan fingerprint density at radius 1 is 1.15 bits per heavy atom. The van der Waals surface area contributed by atoms with Crippen LogP contribution in [0.4, 0.5) is 0 Å². The molecule has 1 atom stereocenters. The predicted molar refractivity (Wildman–Crippen MR) is 85.8 cm³/mol. The zero-order chi connectivity index (χ0) is 15.6. The van der Waals surface area contributed by atoms with Gasteiger partial charge < -0.3 is 20.9 Å². The van der Waals surface area contributed by atoms with Gasteiger partial charge in [-0.15, -0.1) is 0 Å². The van der Waals surface area contributed by atoms with E-state index < -0.39 is 5.54 Å². The number of carbonyl (C=O) groups excluding carboxylic acids is 1. The monoisotopic (exact) mass is 286 g/mol. The molecule has 0 aromatic rings. The lowest BCUT2D eigenvalue weighted by molar-refractivity contribution is -0.123. The summed E-state index contributed by atoms with van der Waals surface area (Å²) in [5, 5.41) is 3.04. The Bertz CT molecular complexity index is 271. The molecule has 0 saturated carbocycles. The molecule has 0 spiro atoms. The number of unbranched alkanes of at least 4 members (excludes halogenated alkanes) is 1. The Morgan fingerprint density at radius 2 is 1.80 bits per heavy atom. The summed E-state index contributed by atoms with van der Waals surface area (Å²) in [7, 11) is 6.01. The van der Waals surface area contributed by atoms with E-state index in [0.29, 0.717) is 0 Å². The molecule has 0 aromatic carbocycles. The smallest absolute Gasteiger partial charge is 0.237 e. The van der Waals surface area contributed by atoms with Crippen molar-refractivity contribution >= 4 is 5.91 Å². The largest absolute Gasteiger partial charge is 0.368 e. The number of nitrogens with zero attached hydrogens (tertiary/aromatic N) is 2. The van der Waals surface area contributed by atoms with Gasteiger partial charge in [0.2, 0.25) is 5.91 Å². The van der Waals surface area contributed by atoms with Gasteiger partial charge in [-0.3, -0.25) is 4.79 Å². The van der Waals surface area contributed by atoms with Gasteiger partial charge in [0.05, 0.1) is 5.54 Å². The van der Waals surface area contributed by atoms with Crippen molar-refractivity contribution in [1.29, 1.82) is 0 Å². The van der Waals surface area contributed by atoms with Crippen LogP contribution in [0.1, 0.15) is 39.5 Å². The first-order valence-corrected chi connectivity index (χ1v) is 7.71. The molecule has 120 valence electrons. The van der Waals surface area contributed by atoms with E-state index in [4.69, 9.17) is 5.73 Å². The lowest BCUT2D eigenvalue weighted by atomic mass is 9.94. The summed E-state index contributed by atoms with van der Waals surface area (Å²) in [4.78, 5) is 16.1. The van der Waals surface area contributed by atoms with Crippen molar-refractivity contribution in [3.05, 3.63) is 0 Å². The minimum absolute atomic E-state index is 0.266. The van der Waals surface area contributed by atoms with Crippen LogP contribution in [0.2, 0.25) is 0 Å². The standard InChI is InChI=1S/C15H34N4O/c1-6-10-19(13-12-18(4)5)11-8-7-9-15(2,17-3)14(16)20/h17H,6-13H2,1-5H3,(H2,16,20). The third-order valence-corrected chi connectivity index (χ3v) is 3.90. The van der Waals surface area contributed by atoms with Crippen molar-refractivity contribution in [2.24, 2.45) is 5.73 Å². The van der Waals surface area contributed by atoms with Crippen LogP contribution in [0, 0.1) is 0 Å². The number of carbonyl (C=O) groups is 1. The number of hydrogen-bond acceptors (Lipinski definition) is 4. The molecule has 0 bridgehead atoms. The van der Waals surface area contributed by atoms with Crippen molar-refractivity contribution in [3.63, 3.8) is 0 Å². The lowest BCUT2D eigenvalue weighted by Crippen LogP contribution is -2.51. The fourth-order valence-electron chi connectivity index (χ4n) is 2.18. The van der Waals surface area contributed by atoms with Gasteiger partial charge in [0, 0.05) is 13.1 Å². The predicted octanol–water partition coefficient (Wildman–Crippen LogP) is 0.894. The van der Waals surface area contributed by atoms with E-state index in [2.05, 4.69) is 36.1 Å². The minimum Gasteiger partial charge on any atom is -0.368 e. The van der Waals surface area contributed by atoms with Gasteiger partial charge in [0.1, 0.15) is 0 Å². The molecule has 0 aliphatic rings. The lowest BCUT2D eigenvalue weighted by Gasteiger charge is -2.27. The van der Waals surface area contributed by atoms with Crippen LogP contribution in [0.25, 0.3) is 0 Å². The van der Waals surface area contributed by atoms with Crippen LogP contribution in [0.3, 0.4) is 0 Å². The number of nitrogens with two attached hydrogens (primary N) is 1.